The van der Waals surface area contributed by atoms with E-state index in [1.807, 2.05) is 11.0 Å². The SMILES string of the molecule is CCCCN1C(=O)C(CC2CCCCCC2)NC(=O)C12CCN(Cc1ccc3c(c1)OCCO3)CC2.Cl. The highest BCUT2D eigenvalue weighted by atomic mass is 35.5. The molecule has 206 valence electrons. The highest BCUT2D eigenvalue weighted by molar-refractivity contribution is 6.00. The number of likely N-dealkylation sites (tertiary alicyclic amines) is 1. The molecular weight excluding hydrogens is 490 g/mol. The van der Waals surface area contributed by atoms with E-state index in [-0.39, 0.29) is 30.3 Å². The largest absolute Gasteiger partial charge is 0.486 e. The first kappa shape index (κ1) is 28.0. The van der Waals surface area contributed by atoms with Crippen LogP contribution in [0, 0.1) is 5.92 Å². The summed E-state index contributed by atoms with van der Waals surface area (Å²) in [4.78, 5) is 31.9. The summed E-state index contributed by atoms with van der Waals surface area (Å²) in [7, 11) is 0. The first-order chi connectivity index (χ1) is 17.6. The van der Waals surface area contributed by atoms with Crippen molar-refractivity contribution in [2.75, 3.05) is 32.8 Å². The Hall–Kier alpha value is -1.99. The van der Waals surface area contributed by atoms with Gasteiger partial charge in [-0.15, -0.1) is 12.4 Å². The minimum Gasteiger partial charge on any atom is -0.486 e. The number of amides is 2. The van der Waals surface area contributed by atoms with Crippen LogP contribution in [0.3, 0.4) is 0 Å². The summed E-state index contributed by atoms with van der Waals surface area (Å²) < 4.78 is 11.4. The first-order valence-corrected chi connectivity index (χ1v) is 14.3. The Morgan fingerprint density at radius 3 is 2.41 bits per heavy atom. The lowest BCUT2D eigenvalue weighted by Crippen LogP contribution is -2.73. The van der Waals surface area contributed by atoms with Gasteiger partial charge in [0, 0.05) is 26.2 Å². The highest BCUT2D eigenvalue weighted by Gasteiger charge is 2.53. The van der Waals surface area contributed by atoms with Gasteiger partial charge in [-0.2, -0.15) is 0 Å². The van der Waals surface area contributed by atoms with Gasteiger partial charge in [0.25, 0.3) is 0 Å². The third-order valence-corrected chi connectivity index (χ3v) is 8.78. The number of carbonyl (C=O) groups excluding carboxylic acids is 2. The Bertz CT molecular complexity index is 926. The number of fused-ring (bicyclic) bond motifs is 1. The van der Waals surface area contributed by atoms with Crippen LogP contribution in [0.25, 0.3) is 0 Å². The first-order valence-electron chi connectivity index (χ1n) is 14.3. The second-order valence-electron chi connectivity index (χ2n) is 11.2. The number of benzene rings is 1. The van der Waals surface area contributed by atoms with Crippen LogP contribution in [0.5, 0.6) is 11.5 Å². The molecule has 1 unspecified atom stereocenters. The molecule has 37 heavy (non-hydrogen) atoms. The van der Waals surface area contributed by atoms with Crippen LogP contribution in [-0.2, 0) is 16.1 Å². The Morgan fingerprint density at radius 2 is 1.70 bits per heavy atom. The van der Waals surface area contributed by atoms with Crippen LogP contribution in [0.1, 0.15) is 83.1 Å². The normalized spacial score (nSPS) is 24.4. The van der Waals surface area contributed by atoms with Crippen LogP contribution < -0.4 is 14.8 Å². The van der Waals surface area contributed by atoms with E-state index in [4.69, 9.17) is 9.47 Å². The molecule has 5 rings (SSSR count). The average Bonchev–Trinajstić information content (AvgIpc) is 3.17. The molecule has 1 saturated carbocycles. The molecule has 3 heterocycles. The van der Waals surface area contributed by atoms with Crippen LogP contribution in [0.15, 0.2) is 18.2 Å². The summed E-state index contributed by atoms with van der Waals surface area (Å²) in [6.07, 6.45) is 11.6. The number of carbonyl (C=O) groups is 2. The quantitative estimate of drug-likeness (QED) is 0.514. The van der Waals surface area contributed by atoms with Gasteiger partial charge in [-0.3, -0.25) is 14.5 Å². The maximum atomic E-state index is 13.8. The van der Waals surface area contributed by atoms with Gasteiger partial charge in [0.2, 0.25) is 11.8 Å². The minimum atomic E-state index is -0.699. The Morgan fingerprint density at radius 1 is 1.00 bits per heavy atom. The lowest BCUT2D eigenvalue weighted by Gasteiger charge is -2.52. The van der Waals surface area contributed by atoms with Crippen LogP contribution in [0.4, 0.5) is 0 Å². The van der Waals surface area contributed by atoms with Crippen molar-refractivity contribution in [1.29, 1.82) is 0 Å². The zero-order valence-corrected chi connectivity index (χ0v) is 23.2. The van der Waals surface area contributed by atoms with Gasteiger partial charge in [-0.05, 0) is 49.3 Å². The summed E-state index contributed by atoms with van der Waals surface area (Å²) >= 11 is 0. The Balaban J connectivity index is 0.00000320. The minimum absolute atomic E-state index is 0. The second-order valence-corrected chi connectivity index (χ2v) is 11.2. The van der Waals surface area contributed by atoms with Crippen LogP contribution >= 0.6 is 12.4 Å². The van der Waals surface area contributed by atoms with E-state index in [0.717, 1.165) is 50.4 Å². The summed E-state index contributed by atoms with van der Waals surface area (Å²) in [5.41, 5.74) is 0.487. The van der Waals surface area contributed by atoms with E-state index in [1.165, 1.54) is 44.1 Å². The van der Waals surface area contributed by atoms with Crippen molar-refractivity contribution in [1.82, 2.24) is 15.1 Å². The van der Waals surface area contributed by atoms with Gasteiger partial charge in [0.15, 0.2) is 11.5 Å². The van der Waals surface area contributed by atoms with E-state index in [2.05, 4.69) is 29.3 Å². The molecule has 1 aromatic rings. The van der Waals surface area contributed by atoms with Crippen molar-refractivity contribution in [3.05, 3.63) is 23.8 Å². The molecular formula is C29H44ClN3O4. The van der Waals surface area contributed by atoms with E-state index < -0.39 is 5.54 Å². The molecule has 1 atom stereocenters. The monoisotopic (exact) mass is 533 g/mol. The van der Waals surface area contributed by atoms with Crippen LogP contribution in [0.2, 0.25) is 0 Å². The Labute approximate surface area is 228 Å². The van der Waals surface area contributed by atoms with Gasteiger partial charge in [-0.1, -0.05) is 57.9 Å². The topological polar surface area (TPSA) is 71.1 Å². The number of piperazine rings is 1. The number of hydrogen-bond acceptors (Lipinski definition) is 5. The molecule has 4 aliphatic rings. The summed E-state index contributed by atoms with van der Waals surface area (Å²) in [5, 5.41) is 3.22. The van der Waals surface area contributed by atoms with Crippen molar-refractivity contribution in [3.8, 4) is 11.5 Å². The molecule has 0 bridgehead atoms. The fourth-order valence-electron chi connectivity index (χ4n) is 6.63. The van der Waals surface area contributed by atoms with Gasteiger partial charge in [0.1, 0.15) is 24.8 Å². The van der Waals surface area contributed by atoms with Crippen molar-refractivity contribution < 1.29 is 19.1 Å². The molecule has 3 fully saturated rings. The van der Waals surface area contributed by atoms with Gasteiger partial charge in [0.05, 0.1) is 0 Å². The molecule has 1 aromatic carbocycles. The molecule has 7 nitrogen and oxygen atoms in total. The molecule has 2 saturated heterocycles. The molecule has 0 radical (unpaired) electrons. The lowest BCUT2D eigenvalue weighted by atomic mass is 9.80. The number of rotatable bonds is 7. The number of ether oxygens (including phenoxy) is 2. The van der Waals surface area contributed by atoms with Crippen molar-refractivity contribution >= 4 is 24.2 Å². The summed E-state index contributed by atoms with van der Waals surface area (Å²) in [5.74, 6) is 2.42. The summed E-state index contributed by atoms with van der Waals surface area (Å²) in [6.45, 7) is 6.42. The number of piperidine rings is 1. The van der Waals surface area contributed by atoms with Crippen molar-refractivity contribution in [2.24, 2.45) is 5.92 Å². The molecule has 8 heteroatoms. The lowest BCUT2D eigenvalue weighted by molar-refractivity contribution is -0.162. The fraction of sp³-hybridized carbons (Fsp3) is 0.724. The molecule has 2 amide bonds. The third kappa shape index (κ3) is 6.19. The number of nitrogens with zero attached hydrogens (tertiary/aromatic N) is 2. The number of unbranched alkanes of at least 4 members (excludes halogenated alkanes) is 1. The predicted molar refractivity (Wildman–Crippen MR) is 146 cm³/mol. The number of halogens is 1. The average molecular weight is 534 g/mol. The number of hydrogen-bond donors (Lipinski definition) is 1. The van der Waals surface area contributed by atoms with Gasteiger partial charge in [-0.25, -0.2) is 0 Å². The van der Waals surface area contributed by atoms with Crippen LogP contribution in [-0.4, -0.2) is 66.0 Å². The van der Waals surface area contributed by atoms with E-state index in [1.54, 1.807) is 0 Å². The maximum absolute atomic E-state index is 13.8. The Kier molecular flexibility index (Phi) is 9.62. The smallest absolute Gasteiger partial charge is 0.246 e. The van der Waals surface area contributed by atoms with Crippen molar-refractivity contribution in [3.63, 3.8) is 0 Å². The fourth-order valence-corrected chi connectivity index (χ4v) is 6.63. The molecule has 0 aromatic heterocycles. The van der Waals surface area contributed by atoms with E-state index >= 15 is 0 Å². The second kappa shape index (κ2) is 12.7. The molecule has 3 aliphatic heterocycles. The molecule has 1 aliphatic carbocycles. The maximum Gasteiger partial charge on any atom is 0.246 e. The highest BCUT2D eigenvalue weighted by Crippen LogP contribution is 2.37. The zero-order chi connectivity index (χ0) is 25.0. The number of nitrogens with one attached hydrogen (secondary N) is 1. The van der Waals surface area contributed by atoms with Crippen molar-refractivity contribution in [2.45, 2.75) is 95.7 Å². The predicted octanol–water partition coefficient (Wildman–Crippen LogP) is 4.70. The van der Waals surface area contributed by atoms with E-state index in [9.17, 15) is 9.59 Å². The molecule has 1 spiro atoms. The van der Waals surface area contributed by atoms with Gasteiger partial charge >= 0.3 is 0 Å². The van der Waals surface area contributed by atoms with Gasteiger partial charge < -0.3 is 19.7 Å². The zero-order valence-electron chi connectivity index (χ0n) is 22.3. The molecule has 1 N–H and O–H groups in total. The van der Waals surface area contributed by atoms with E-state index in [0.29, 0.717) is 38.5 Å². The summed E-state index contributed by atoms with van der Waals surface area (Å²) in [6, 6.07) is 5.81. The standard InChI is InChI=1S/C29H43N3O4.ClH/c1-2-3-14-32-27(33)24(19-22-8-6-4-5-7-9-22)30-28(34)29(32)12-15-31(16-13-29)21-23-10-11-25-26(20-23)36-18-17-35-25;/h10-11,20,22,24H,2-9,12-19,21H2,1H3,(H,30,34);1H. The third-order valence-electron chi connectivity index (χ3n) is 8.78.